The van der Waals surface area contributed by atoms with Crippen LogP contribution in [-0.2, 0) is 17.6 Å². The van der Waals surface area contributed by atoms with Gasteiger partial charge in [-0.05, 0) is 39.0 Å². The number of imidazole rings is 1. The molecule has 0 radical (unpaired) electrons. The summed E-state index contributed by atoms with van der Waals surface area (Å²) in [4.78, 5) is 16.1. The Hall–Kier alpha value is -1.32. The van der Waals surface area contributed by atoms with Crippen molar-refractivity contribution in [3.63, 3.8) is 0 Å². The van der Waals surface area contributed by atoms with Crippen molar-refractivity contribution >= 4 is 5.97 Å². The molecule has 1 aromatic rings. The van der Waals surface area contributed by atoms with Crippen molar-refractivity contribution in [2.75, 3.05) is 0 Å². The summed E-state index contributed by atoms with van der Waals surface area (Å²) in [5, 5.41) is 9.45. The maximum Gasteiger partial charge on any atom is 0.326 e. The Kier molecular flexibility index (Phi) is 4.04. The molecule has 0 aliphatic heterocycles. The van der Waals surface area contributed by atoms with Crippen LogP contribution in [0.5, 0.6) is 0 Å². The normalized spacial score (nSPS) is 16.3. The van der Waals surface area contributed by atoms with E-state index in [1.165, 1.54) is 12.1 Å². The number of nitrogens with zero attached hydrogens (tertiary/aromatic N) is 2. The highest BCUT2D eigenvalue weighted by Crippen LogP contribution is 2.27. The average Bonchev–Trinajstić information content (AvgIpc) is 2.66. The van der Waals surface area contributed by atoms with Crippen LogP contribution in [0.4, 0.5) is 0 Å². The number of rotatable bonds is 5. The third-order valence-electron chi connectivity index (χ3n) is 3.77. The van der Waals surface area contributed by atoms with Crippen LogP contribution in [-0.4, -0.2) is 20.6 Å². The van der Waals surface area contributed by atoms with Crippen molar-refractivity contribution in [2.24, 2.45) is 0 Å². The Morgan fingerprint density at radius 2 is 2.17 bits per heavy atom. The summed E-state index contributed by atoms with van der Waals surface area (Å²) in [6, 6.07) is -0.431. The number of carbonyl (C=O) groups is 1. The van der Waals surface area contributed by atoms with Gasteiger partial charge in [0, 0.05) is 5.69 Å². The second-order valence-electron chi connectivity index (χ2n) is 5.13. The van der Waals surface area contributed by atoms with Crippen molar-refractivity contribution in [1.29, 1.82) is 0 Å². The quantitative estimate of drug-likeness (QED) is 0.874. The Morgan fingerprint density at radius 3 is 2.83 bits per heavy atom. The first-order chi connectivity index (χ1) is 8.65. The Bertz CT molecular complexity index is 437. The number of aliphatic carboxylic acids is 1. The zero-order valence-electron chi connectivity index (χ0n) is 11.3. The molecule has 1 aromatic heterocycles. The number of unbranched alkanes of at least 4 members (excludes halogenated alkanes) is 1. The second-order valence-corrected chi connectivity index (χ2v) is 5.13. The molecular weight excluding hydrogens is 228 g/mol. The largest absolute Gasteiger partial charge is 0.480 e. The number of carboxylic acid groups (broad SMARTS) is 1. The van der Waals surface area contributed by atoms with Gasteiger partial charge in [0.25, 0.3) is 0 Å². The topological polar surface area (TPSA) is 55.1 Å². The Balaban J connectivity index is 2.34. The summed E-state index contributed by atoms with van der Waals surface area (Å²) >= 11 is 0. The van der Waals surface area contributed by atoms with E-state index in [9.17, 15) is 9.90 Å². The molecule has 1 aliphatic carbocycles. The molecule has 100 valence electrons. The summed E-state index contributed by atoms with van der Waals surface area (Å²) in [6.07, 6.45) is 6.99. The highest BCUT2D eigenvalue weighted by atomic mass is 16.4. The van der Waals surface area contributed by atoms with Crippen LogP contribution >= 0.6 is 0 Å². The van der Waals surface area contributed by atoms with Gasteiger partial charge in [-0.1, -0.05) is 19.8 Å². The first-order valence-electron chi connectivity index (χ1n) is 6.94. The first kappa shape index (κ1) is 13.1. The van der Waals surface area contributed by atoms with Crippen LogP contribution in [0.15, 0.2) is 0 Å². The Morgan fingerprint density at radius 1 is 1.44 bits per heavy atom. The van der Waals surface area contributed by atoms with Crippen molar-refractivity contribution < 1.29 is 9.90 Å². The first-order valence-corrected chi connectivity index (χ1v) is 6.94. The molecule has 0 aromatic carbocycles. The molecule has 4 nitrogen and oxygen atoms in total. The minimum absolute atomic E-state index is 0.431. The van der Waals surface area contributed by atoms with Gasteiger partial charge in [-0.15, -0.1) is 0 Å². The van der Waals surface area contributed by atoms with Crippen LogP contribution in [0.3, 0.4) is 0 Å². The lowest BCUT2D eigenvalue weighted by molar-refractivity contribution is -0.141. The van der Waals surface area contributed by atoms with Gasteiger partial charge in [-0.3, -0.25) is 0 Å². The van der Waals surface area contributed by atoms with Crippen molar-refractivity contribution in [2.45, 2.75) is 64.8 Å². The Labute approximate surface area is 108 Å². The van der Waals surface area contributed by atoms with Crippen LogP contribution in [0.1, 0.15) is 62.3 Å². The predicted octanol–water partition coefficient (Wildman–Crippen LogP) is 2.89. The standard InChI is InChI=1S/C14H22N2O2/c1-3-4-8-13(14(17)18)16-10(2)15-11-7-5-6-9-12(11)16/h13H,3-9H2,1-2H3,(H,17,18). The van der Waals surface area contributed by atoms with E-state index in [0.717, 1.165) is 43.6 Å². The molecule has 1 unspecified atom stereocenters. The number of carboxylic acids is 1. The van der Waals surface area contributed by atoms with Gasteiger partial charge in [-0.2, -0.15) is 0 Å². The van der Waals surface area contributed by atoms with Crippen LogP contribution in [0, 0.1) is 6.92 Å². The summed E-state index contributed by atoms with van der Waals surface area (Å²) in [5.41, 5.74) is 2.30. The zero-order chi connectivity index (χ0) is 13.1. The summed E-state index contributed by atoms with van der Waals surface area (Å²) in [5.74, 6) is 0.141. The highest BCUT2D eigenvalue weighted by molar-refractivity contribution is 5.72. The molecule has 18 heavy (non-hydrogen) atoms. The van der Waals surface area contributed by atoms with E-state index in [-0.39, 0.29) is 0 Å². The summed E-state index contributed by atoms with van der Waals surface area (Å²) in [7, 11) is 0. The van der Waals surface area contributed by atoms with Gasteiger partial charge >= 0.3 is 5.97 Å². The van der Waals surface area contributed by atoms with E-state index in [0.29, 0.717) is 6.42 Å². The minimum Gasteiger partial charge on any atom is -0.480 e. The van der Waals surface area contributed by atoms with Crippen LogP contribution < -0.4 is 0 Å². The molecule has 4 heteroatoms. The molecule has 1 aliphatic rings. The lowest BCUT2D eigenvalue weighted by atomic mass is 10.00. The third kappa shape index (κ3) is 2.42. The lowest BCUT2D eigenvalue weighted by Crippen LogP contribution is -2.23. The van der Waals surface area contributed by atoms with E-state index >= 15 is 0 Å². The molecule has 0 fully saturated rings. The molecule has 0 amide bonds. The monoisotopic (exact) mass is 250 g/mol. The number of aromatic nitrogens is 2. The van der Waals surface area contributed by atoms with Gasteiger partial charge < -0.3 is 9.67 Å². The number of fused-ring (bicyclic) bond motifs is 1. The maximum absolute atomic E-state index is 11.5. The van der Waals surface area contributed by atoms with Gasteiger partial charge in [-0.25, -0.2) is 9.78 Å². The molecule has 0 saturated heterocycles. The smallest absolute Gasteiger partial charge is 0.326 e. The zero-order valence-corrected chi connectivity index (χ0v) is 11.3. The minimum atomic E-state index is -0.725. The van der Waals surface area contributed by atoms with Gasteiger partial charge in [0.05, 0.1) is 5.69 Å². The van der Waals surface area contributed by atoms with Crippen molar-refractivity contribution in [3.05, 3.63) is 17.2 Å². The molecule has 0 bridgehead atoms. The number of hydrogen-bond donors (Lipinski definition) is 1. The second kappa shape index (κ2) is 5.55. The lowest BCUT2D eigenvalue weighted by Gasteiger charge is -2.20. The van der Waals surface area contributed by atoms with Gasteiger partial charge in [0.2, 0.25) is 0 Å². The molecule has 2 rings (SSSR count). The van der Waals surface area contributed by atoms with Crippen molar-refractivity contribution in [3.8, 4) is 0 Å². The highest BCUT2D eigenvalue weighted by Gasteiger charge is 2.27. The molecule has 1 N–H and O–H groups in total. The van der Waals surface area contributed by atoms with Crippen molar-refractivity contribution in [1.82, 2.24) is 9.55 Å². The van der Waals surface area contributed by atoms with E-state index in [1.807, 2.05) is 11.5 Å². The summed E-state index contributed by atoms with van der Waals surface area (Å²) < 4.78 is 1.98. The van der Waals surface area contributed by atoms with E-state index < -0.39 is 12.0 Å². The van der Waals surface area contributed by atoms with Gasteiger partial charge in [0.15, 0.2) is 0 Å². The SMILES string of the molecule is CCCCC(C(=O)O)n1c(C)nc2c1CCCC2. The molecule has 0 spiro atoms. The fourth-order valence-corrected chi connectivity index (χ4v) is 2.87. The predicted molar refractivity (Wildman–Crippen MR) is 69.8 cm³/mol. The molecule has 1 heterocycles. The van der Waals surface area contributed by atoms with E-state index in [1.54, 1.807) is 0 Å². The summed E-state index contributed by atoms with van der Waals surface area (Å²) in [6.45, 7) is 4.02. The maximum atomic E-state index is 11.5. The van der Waals surface area contributed by atoms with Crippen LogP contribution in [0.2, 0.25) is 0 Å². The number of hydrogen-bond acceptors (Lipinski definition) is 2. The molecule has 0 saturated carbocycles. The average molecular weight is 250 g/mol. The van der Waals surface area contributed by atoms with Crippen LogP contribution in [0.25, 0.3) is 0 Å². The fourth-order valence-electron chi connectivity index (χ4n) is 2.87. The third-order valence-corrected chi connectivity index (χ3v) is 3.77. The van der Waals surface area contributed by atoms with E-state index in [4.69, 9.17) is 0 Å². The molecule has 1 atom stereocenters. The fraction of sp³-hybridized carbons (Fsp3) is 0.714. The molecular formula is C14H22N2O2. The van der Waals surface area contributed by atoms with E-state index in [2.05, 4.69) is 11.9 Å². The number of aryl methyl sites for hydroxylation is 2. The van der Waals surface area contributed by atoms with Gasteiger partial charge in [0.1, 0.15) is 11.9 Å².